The SMILES string of the molecule is c1ccc(-c2cc(-c3ccccc3)nc(-c3cccc(-c4cccc5nc(-c6cc7ccccc7c7ccccc67)c6oc7ccccc7c6c45)c3)n2)cc1. The summed E-state index contributed by atoms with van der Waals surface area (Å²) in [5, 5.41) is 7.90. The van der Waals surface area contributed by atoms with Crippen molar-refractivity contribution in [1.82, 2.24) is 15.0 Å². The molecule has 3 heterocycles. The van der Waals surface area contributed by atoms with E-state index in [-0.39, 0.29) is 0 Å². The summed E-state index contributed by atoms with van der Waals surface area (Å²) in [5.41, 5.74) is 11.3. The van der Waals surface area contributed by atoms with E-state index in [0.29, 0.717) is 5.82 Å². The van der Waals surface area contributed by atoms with Crippen LogP contribution in [0.2, 0.25) is 0 Å². The largest absolute Gasteiger partial charge is 0.454 e. The van der Waals surface area contributed by atoms with Crippen LogP contribution in [-0.4, -0.2) is 15.0 Å². The number of hydrogen-bond acceptors (Lipinski definition) is 4. The summed E-state index contributed by atoms with van der Waals surface area (Å²) < 4.78 is 6.82. The Balaban J connectivity index is 1.15. The minimum atomic E-state index is 0.671. The molecule has 0 saturated heterocycles. The summed E-state index contributed by atoms with van der Waals surface area (Å²) in [6.07, 6.45) is 0. The predicted octanol–water partition coefficient (Wildman–Crippen LogP) is 13.6. The molecule has 4 nitrogen and oxygen atoms in total. The lowest BCUT2D eigenvalue weighted by atomic mass is 9.92. The van der Waals surface area contributed by atoms with Gasteiger partial charge in [-0.25, -0.2) is 15.0 Å². The van der Waals surface area contributed by atoms with Crippen LogP contribution < -0.4 is 0 Å². The molecule has 4 heteroatoms. The molecule has 0 atom stereocenters. The van der Waals surface area contributed by atoms with Gasteiger partial charge in [0.15, 0.2) is 11.4 Å². The standard InChI is InChI=1S/C51H31N3O/c1-3-15-32(16-4-1)44-31-45(33-17-5-2-6-18-33)54-51(53-44)36-21-13-20-34(29-36)38-26-14-27-43-47(38)48-41-25-11-12-28-46(41)55-50(48)49(52-43)42-30-35-19-7-8-22-37(35)39-23-9-10-24-40(39)42/h1-31H. The normalized spacial score (nSPS) is 11.6. The van der Waals surface area contributed by atoms with Crippen LogP contribution >= 0.6 is 0 Å². The second-order valence-corrected chi connectivity index (χ2v) is 13.9. The summed E-state index contributed by atoms with van der Waals surface area (Å²) in [6.45, 7) is 0. The van der Waals surface area contributed by atoms with Crippen molar-refractivity contribution in [1.29, 1.82) is 0 Å². The van der Waals surface area contributed by atoms with Gasteiger partial charge in [0.25, 0.3) is 0 Å². The van der Waals surface area contributed by atoms with E-state index < -0.39 is 0 Å². The van der Waals surface area contributed by atoms with Gasteiger partial charge in [0.1, 0.15) is 11.3 Å². The average molecular weight is 702 g/mol. The first-order valence-electron chi connectivity index (χ1n) is 18.5. The quantitative estimate of drug-likeness (QED) is 0.168. The number of aromatic nitrogens is 3. The molecule has 11 aromatic rings. The van der Waals surface area contributed by atoms with Gasteiger partial charge in [0, 0.05) is 38.4 Å². The van der Waals surface area contributed by atoms with Crippen molar-refractivity contribution in [3.8, 4) is 56.3 Å². The Labute approximate surface area is 317 Å². The molecular weight excluding hydrogens is 671 g/mol. The fourth-order valence-electron chi connectivity index (χ4n) is 8.12. The molecule has 0 aliphatic rings. The fraction of sp³-hybridized carbons (Fsp3) is 0. The van der Waals surface area contributed by atoms with Gasteiger partial charge in [-0.2, -0.15) is 0 Å². The molecule has 0 saturated carbocycles. The minimum Gasteiger partial charge on any atom is -0.454 e. The monoisotopic (exact) mass is 701 g/mol. The molecule has 0 unspecified atom stereocenters. The van der Waals surface area contributed by atoms with E-state index in [4.69, 9.17) is 19.4 Å². The predicted molar refractivity (Wildman–Crippen MR) is 227 cm³/mol. The van der Waals surface area contributed by atoms with Crippen LogP contribution in [-0.2, 0) is 0 Å². The number of hydrogen-bond donors (Lipinski definition) is 0. The van der Waals surface area contributed by atoms with Crippen molar-refractivity contribution >= 4 is 54.4 Å². The number of pyridine rings is 1. The summed E-state index contributed by atoms with van der Waals surface area (Å²) in [6, 6.07) is 65.4. The highest BCUT2D eigenvalue weighted by atomic mass is 16.3. The van der Waals surface area contributed by atoms with E-state index in [0.717, 1.165) is 88.7 Å². The summed E-state index contributed by atoms with van der Waals surface area (Å²) in [7, 11) is 0. The molecule has 3 aromatic heterocycles. The molecule has 0 fully saturated rings. The fourth-order valence-corrected chi connectivity index (χ4v) is 8.12. The van der Waals surface area contributed by atoms with Crippen LogP contribution in [0.3, 0.4) is 0 Å². The lowest BCUT2D eigenvalue weighted by molar-refractivity contribution is 0.669. The number of rotatable bonds is 5. The number of para-hydroxylation sites is 1. The van der Waals surface area contributed by atoms with Crippen LogP contribution in [0.5, 0.6) is 0 Å². The zero-order chi connectivity index (χ0) is 36.3. The first-order valence-corrected chi connectivity index (χ1v) is 18.5. The van der Waals surface area contributed by atoms with Crippen molar-refractivity contribution in [2.75, 3.05) is 0 Å². The van der Waals surface area contributed by atoms with Gasteiger partial charge in [-0.1, -0.05) is 158 Å². The van der Waals surface area contributed by atoms with Gasteiger partial charge in [-0.15, -0.1) is 0 Å². The molecule has 256 valence electrons. The highest BCUT2D eigenvalue weighted by molar-refractivity contribution is 6.26. The molecule has 0 N–H and O–H groups in total. The molecule has 0 amide bonds. The Morgan fingerprint density at radius 1 is 0.364 bits per heavy atom. The van der Waals surface area contributed by atoms with Crippen molar-refractivity contribution in [3.63, 3.8) is 0 Å². The first-order chi connectivity index (χ1) is 27.3. The highest BCUT2D eigenvalue weighted by Gasteiger charge is 2.22. The minimum absolute atomic E-state index is 0.671. The van der Waals surface area contributed by atoms with Gasteiger partial charge in [-0.3, -0.25) is 0 Å². The Bertz CT molecular complexity index is 3200. The van der Waals surface area contributed by atoms with Crippen molar-refractivity contribution < 1.29 is 4.42 Å². The highest BCUT2D eigenvalue weighted by Crippen LogP contribution is 2.45. The summed E-state index contributed by atoms with van der Waals surface area (Å²) in [5.74, 6) is 0.671. The van der Waals surface area contributed by atoms with E-state index in [1.165, 1.54) is 16.2 Å². The Hall–Kier alpha value is -7.43. The molecule has 0 spiro atoms. The Kier molecular flexibility index (Phi) is 7.14. The maximum Gasteiger partial charge on any atom is 0.162 e. The van der Waals surface area contributed by atoms with Crippen LogP contribution in [0.25, 0.3) is 111 Å². The molecule has 8 aromatic carbocycles. The molecule has 11 rings (SSSR count). The molecular formula is C51H31N3O. The lowest BCUT2D eigenvalue weighted by Crippen LogP contribution is -1.96. The number of nitrogens with zero attached hydrogens (tertiary/aromatic N) is 3. The average Bonchev–Trinajstić information content (AvgIpc) is 3.66. The number of furan rings is 1. The second kappa shape index (κ2) is 12.6. The van der Waals surface area contributed by atoms with E-state index in [1.807, 2.05) is 48.5 Å². The third-order valence-corrected chi connectivity index (χ3v) is 10.7. The molecule has 0 aliphatic heterocycles. The van der Waals surface area contributed by atoms with Crippen molar-refractivity contribution in [2.24, 2.45) is 0 Å². The number of benzene rings is 8. The second-order valence-electron chi connectivity index (χ2n) is 13.9. The van der Waals surface area contributed by atoms with Gasteiger partial charge in [0.2, 0.25) is 0 Å². The molecule has 0 radical (unpaired) electrons. The lowest BCUT2D eigenvalue weighted by Gasteiger charge is -2.14. The summed E-state index contributed by atoms with van der Waals surface area (Å²) >= 11 is 0. The van der Waals surface area contributed by atoms with Crippen LogP contribution in [0.15, 0.2) is 192 Å². The number of fused-ring (bicyclic) bond motifs is 8. The van der Waals surface area contributed by atoms with Crippen LogP contribution in [0, 0.1) is 0 Å². The van der Waals surface area contributed by atoms with Gasteiger partial charge in [-0.05, 0) is 63.0 Å². The third kappa shape index (κ3) is 5.19. The molecule has 55 heavy (non-hydrogen) atoms. The van der Waals surface area contributed by atoms with E-state index in [1.54, 1.807) is 0 Å². The molecule has 0 bridgehead atoms. The van der Waals surface area contributed by atoms with E-state index >= 15 is 0 Å². The van der Waals surface area contributed by atoms with Crippen molar-refractivity contribution in [2.45, 2.75) is 0 Å². The topological polar surface area (TPSA) is 51.8 Å². The van der Waals surface area contributed by atoms with Gasteiger partial charge in [0.05, 0.1) is 16.9 Å². The molecule has 0 aliphatic carbocycles. The third-order valence-electron chi connectivity index (χ3n) is 10.7. The van der Waals surface area contributed by atoms with E-state index in [2.05, 4.69) is 140 Å². The zero-order valence-corrected chi connectivity index (χ0v) is 29.6. The maximum absolute atomic E-state index is 6.82. The van der Waals surface area contributed by atoms with Crippen LogP contribution in [0.1, 0.15) is 0 Å². The summed E-state index contributed by atoms with van der Waals surface area (Å²) in [4.78, 5) is 15.7. The van der Waals surface area contributed by atoms with Crippen molar-refractivity contribution in [3.05, 3.63) is 188 Å². The first kappa shape index (κ1) is 31.1. The van der Waals surface area contributed by atoms with E-state index in [9.17, 15) is 0 Å². The Morgan fingerprint density at radius 2 is 0.964 bits per heavy atom. The zero-order valence-electron chi connectivity index (χ0n) is 29.6. The van der Waals surface area contributed by atoms with Crippen LogP contribution in [0.4, 0.5) is 0 Å². The van der Waals surface area contributed by atoms with Gasteiger partial charge < -0.3 is 4.42 Å². The van der Waals surface area contributed by atoms with Gasteiger partial charge >= 0.3 is 0 Å². The smallest absolute Gasteiger partial charge is 0.162 e. The Morgan fingerprint density at radius 3 is 1.73 bits per heavy atom. The maximum atomic E-state index is 6.82.